The van der Waals surface area contributed by atoms with Crippen LogP contribution in [0.25, 0.3) is 0 Å². The zero-order valence-electron chi connectivity index (χ0n) is 14.2. The summed E-state index contributed by atoms with van der Waals surface area (Å²) >= 11 is 5.85. The van der Waals surface area contributed by atoms with Gasteiger partial charge < -0.3 is 10.0 Å². The maximum Gasteiger partial charge on any atom is 0.275 e. The summed E-state index contributed by atoms with van der Waals surface area (Å²) in [7, 11) is 0. The molecule has 1 saturated heterocycles. The standard InChI is InChI=1S/C19H18ClN3O3/c1-12(21-22-19(26)16-11-14(20)7-8-17(16)24)13-4-2-5-15(10-13)23-9-3-6-18(23)25/h2,4-5,7-8,10-11,24H,3,6,9H2,1H3,(H,22,26)/b21-12-. The fourth-order valence-electron chi connectivity index (χ4n) is 2.77. The molecule has 7 heteroatoms. The Labute approximate surface area is 156 Å². The summed E-state index contributed by atoms with van der Waals surface area (Å²) in [5.41, 5.74) is 4.64. The Bertz CT molecular complexity index is 895. The second-order valence-corrected chi connectivity index (χ2v) is 6.44. The molecule has 1 fully saturated rings. The van der Waals surface area contributed by atoms with Crippen molar-refractivity contribution >= 4 is 34.8 Å². The van der Waals surface area contributed by atoms with Gasteiger partial charge >= 0.3 is 0 Å². The van der Waals surface area contributed by atoms with E-state index in [1.165, 1.54) is 18.2 Å². The zero-order chi connectivity index (χ0) is 18.7. The Hall–Kier alpha value is -2.86. The lowest BCUT2D eigenvalue weighted by Gasteiger charge is -2.16. The third kappa shape index (κ3) is 3.86. The predicted octanol–water partition coefficient (Wildman–Crippen LogP) is 3.33. The van der Waals surface area contributed by atoms with Crippen molar-refractivity contribution in [1.82, 2.24) is 5.43 Å². The van der Waals surface area contributed by atoms with Crippen LogP contribution < -0.4 is 10.3 Å². The minimum atomic E-state index is -0.560. The van der Waals surface area contributed by atoms with E-state index in [2.05, 4.69) is 10.5 Å². The van der Waals surface area contributed by atoms with Crippen LogP contribution in [-0.2, 0) is 4.79 Å². The number of benzene rings is 2. The molecule has 2 N–H and O–H groups in total. The lowest BCUT2D eigenvalue weighted by molar-refractivity contribution is -0.117. The van der Waals surface area contributed by atoms with E-state index in [4.69, 9.17) is 11.6 Å². The number of hydrazone groups is 1. The summed E-state index contributed by atoms with van der Waals surface area (Å²) in [5, 5.41) is 14.2. The van der Waals surface area contributed by atoms with Gasteiger partial charge in [-0.2, -0.15) is 5.10 Å². The number of phenolic OH excluding ortho intramolecular Hbond substituents is 1. The van der Waals surface area contributed by atoms with Crippen LogP contribution in [0.2, 0.25) is 5.02 Å². The Morgan fingerprint density at radius 1 is 1.27 bits per heavy atom. The first-order chi connectivity index (χ1) is 12.5. The van der Waals surface area contributed by atoms with Gasteiger partial charge in [0, 0.05) is 23.7 Å². The molecule has 0 aliphatic carbocycles. The first kappa shape index (κ1) is 17.9. The summed E-state index contributed by atoms with van der Waals surface area (Å²) in [4.78, 5) is 25.8. The van der Waals surface area contributed by atoms with E-state index < -0.39 is 5.91 Å². The van der Waals surface area contributed by atoms with Crippen molar-refractivity contribution in [2.75, 3.05) is 11.4 Å². The van der Waals surface area contributed by atoms with Gasteiger partial charge in [-0.15, -0.1) is 0 Å². The van der Waals surface area contributed by atoms with Crippen LogP contribution in [0.4, 0.5) is 5.69 Å². The third-order valence-electron chi connectivity index (χ3n) is 4.18. The van der Waals surface area contributed by atoms with E-state index in [9.17, 15) is 14.7 Å². The highest BCUT2D eigenvalue weighted by Crippen LogP contribution is 2.23. The number of phenols is 1. The number of carbonyl (C=O) groups excluding carboxylic acids is 2. The summed E-state index contributed by atoms with van der Waals surface area (Å²) in [6, 6.07) is 11.7. The topological polar surface area (TPSA) is 82.0 Å². The lowest BCUT2D eigenvalue weighted by Crippen LogP contribution is -2.24. The Morgan fingerprint density at radius 3 is 2.81 bits per heavy atom. The first-order valence-electron chi connectivity index (χ1n) is 8.19. The smallest absolute Gasteiger partial charge is 0.275 e. The maximum atomic E-state index is 12.2. The molecule has 0 aromatic heterocycles. The van der Waals surface area contributed by atoms with Crippen LogP contribution >= 0.6 is 11.6 Å². The quantitative estimate of drug-likeness (QED) is 0.638. The molecule has 0 atom stereocenters. The molecular weight excluding hydrogens is 354 g/mol. The number of hydrogen-bond acceptors (Lipinski definition) is 4. The molecule has 0 unspecified atom stereocenters. The average Bonchev–Trinajstić information content (AvgIpc) is 3.07. The number of nitrogens with zero attached hydrogens (tertiary/aromatic N) is 2. The molecule has 1 aliphatic rings. The molecule has 6 nitrogen and oxygen atoms in total. The molecule has 134 valence electrons. The van der Waals surface area contributed by atoms with Gasteiger partial charge in [0.2, 0.25) is 5.91 Å². The van der Waals surface area contributed by atoms with Crippen molar-refractivity contribution in [2.45, 2.75) is 19.8 Å². The third-order valence-corrected chi connectivity index (χ3v) is 4.41. The van der Waals surface area contributed by atoms with Crippen LogP contribution in [0.15, 0.2) is 47.6 Å². The van der Waals surface area contributed by atoms with E-state index in [0.717, 1.165) is 17.7 Å². The van der Waals surface area contributed by atoms with E-state index in [1.807, 2.05) is 24.3 Å². The van der Waals surface area contributed by atoms with Crippen molar-refractivity contribution in [3.05, 3.63) is 58.6 Å². The van der Waals surface area contributed by atoms with Crippen LogP contribution in [0.1, 0.15) is 35.7 Å². The second-order valence-electron chi connectivity index (χ2n) is 6.00. The Balaban J connectivity index is 1.76. The summed E-state index contributed by atoms with van der Waals surface area (Å²) < 4.78 is 0. The monoisotopic (exact) mass is 371 g/mol. The minimum Gasteiger partial charge on any atom is -0.507 e. The van der Waals surface area contributed by atoms with Crippen molar-refractivity contribution in [1.29, 1.82) is 0 Å². The molecule has 1 aliphatic heterocycles. The SMILES string of the molecule is C/C(=N/NC(=O)c1cc(Cl)ccc1O)c1cccc(N2CCCC2=O)c1. The number of carbonyl (C=O) groups is 2. The maximum absolute atomic E-state index is 12.2. The molecule has 2 amide bonds. The Morgan fingerprint density at radius 2 is 2.08 bits per heavy atom. The molecule has 2 aromatic rings. The molecule has 0 saturated carbocycles. The highest BCUT2D eigenvalue weighted by Gasteiger charge is 2.21. The van der Waals surface area contributed by atoms with Gasteiger partial charge in [0.25, 0.3) is 5.91 Å². The number of amides is 2. The average molecular weight is 372 g/mol. The minimum absolute atomic E-state index is 0.0467. The van der Waals surface area contributed by atoms with Crippen LogP contribution in [0.5, 0.6) is 5.75 Å². The molecule has 2 aromatic carbocycles. The van der Waals surface area contributed by atoms with Gasteiger partial charge in [0.05, 0.1) is 11.3 Å². The number of hydrogen-bond donors (Lipinski definition) is 2. The number of aromatic hydroxyl groups is 1. The van der Waals surface area contributed by atoms with Crippen LogP contribution in [0.3, 0.4) is 0 Å². The summed E-state index contributed by atoms with van der Waals surface area (Å²) in [6.07, 6.45) is 1.42. The number of rotatable bonds is 4. The first-order valence-corrected chi connectivity index (χ1v) is 8.57. The van der Waals surface area contributed by atoms with Gasteiger partial charge in [-0.05, 0) is 49.2 Å². The van der Waals surface area contributed by atoms with Gasteiger partial charge in [-0.3, -0.25) is 9.59 Å². The fraction of sp³-hybridized carbons (Fsp3) is 0.211. The van der Waals surface area contributed by atoms with Gasteiger partial charge in [-0.25, -0.2) is 5.43 Å². The van der Waals surface area contributed by atoms with Gasteiger partial charge in [-0.1, -0.05) is 23.7 Å². The Kier molecular flexibility index (Phi) is 5.23. The zero-order valence-corrected chi connectivity index (χ0v) is 15.0. The lowest BCUT2D eigenvalue weighted by atomic mass is 10.1. The highest BCUT2D eigenvalue weighted by atomic mass is 35.5. The normalized spacial score (nSPS) is 14.6. The van der Waals surface area contributed by atoms with Crippen molar-refractivity contribution in [3.63, 3.8) is 0 Å². The van der Waals surface area contributed by atoms with Crippen LogP contribution in [0, 0.1) is 0 Å². The highest BCUT2D eigenvalue weighted by molar-refractivity contribution is 6.31. The van der Waals surface area contributed by atoms with E-state index in [0.29, 0.717) is 23.7 Å². The molecule has 26 heavy (non-hydrogen) atoms. The van der Waals surface area contributed by atoms with Crippen molar-refractivity contribution < 1.29 is 14.7 Å². The molecule has 3 rings (SSSR count). The van der Waals surface area contributed by atoms with Crippen LogP contribution in [-0.4, -0.2) is 29.2 Å². The largest absolute Gasteiger partial charge is 0.507 e. The van der Waals surface area contributed by atoms with Crippen molar-refractivity contribution in [3.8, 4) is 5.75 Å². The number of nitrogens with one attached hydrogen (secondary N) is 1. The van der Waals surface area contributed by atoms with E-state index in [-0.39, 0.29) is 17.2 Å². The molecule has 0 spiro atoms. The number of halogens is 1. The summed E-state index contributed by atoms with van der Waals surface area (Å²) in [6.45, 7) is 2.46. The predicted molar refractivity (Wildman–Crippen MR) is 101 cm³/mol. The number of anilines is 1. The summed E-state index contributed by atoms with van der Waals surface area (Å²) in [5.74, 6) is -0.619. The van der Waals surface area contributed by atoms with Crippen molar-refractivity contribution in [2.24, 2.45) is 5.10 Å². The second kappa shape index (κ2) is 7.58. The van der Waals surface area contributed by atoms with Gasteiger partial charge in [0.1, 0.15) is 5.75 Å². The molecule has 0 bridgehead atoms. The van der Waals surface area contributed by atoms with Gasteiger partial charge in [0.15, 0.2) is 0 Å². The molecular formula is C19H18ClN3O3. The van der Waals surface area contributed by atoms with E-state index in [1.54, 1.807) is 11.8 Å². The van der Waals surface area contributed by atoms with E-state index >= 15 is 0 Å². The molecule has 0 radical (unpaired) electrons. The fourth-order valence-corrected chi connectivity index (χ4v) is 2.94. The molecule has 1 heterocycles.